The lowest BCUT2D eigenvalue weighted by atomic mass is 9.93. The first kappa shape index (κ1) is 27.5. The Morgan fingerprint density at radius 3 is 2.46 bits per heavy atom. The van der Waals surface area contributed by atoms with Gasteiger partial charge in [0.15, 0.2) is 0 Å². The van der Waals surface area contributed by atoms with E-state index in [1.54, 1.807) is 46.6 Å². The third kappa shape index (κ3) is 5.73. The average Bonchev–Trinajstić information content (AvgIpc) is 3.46. The summed E-state index contributed by atoms with van der Waals surface area (Å²) in [5.41, 5.74) is 3.03. The van der Waals surface area contributed by atoms with Crippen LogP contribution in [0.15, 0.2) is 96.4 Å². The van der Waals surface area contributed by atoms with Crippen molar-refractivity contribution in [1.82, 2.24) is 9.80 Å². The zero-order valence-electron chi connectivity index (χ0n) is 21.9. The molecule has 0 N–H and O–H groups in total. The minimum Gasteiger partial charge on any atom is -0.330 e. The molecule has 1 aliphatic rings. The van der Waals surface area contributed by atoms with Gasteiger partial charge < -0.3 is 9.80 Å². The molecule has 6 rings (SSSR count). The standard InChI is InChI=1S/C33H25Cl2FN2O2S/c34-25-9-12-27(29(35)18-25)32-28-14-16-41-30(28)13-15-38(32)31(39)20-37(19-21-5-10-26(36)11-6-21)33(40)24-8-7-22-3-1-2-4-23(22)17-24/h1-12,14,16-18,32H,13,15,19-20H2/t32-/m0/s1. The molecule has 2 amide bonds. The van der Waals surface area contributed by atoms with Crippen LogP contribution in [0, 0.1) is 5.82 Å². The number of nitrogens with zero attached hydrogens (tertiary/aromatic N) is 2. The highest BCUT2D eigenvalue weighted by Gasteiger charge is 2.35. The molecule has 0 bridgehead atoms. The highest BCUT2D eigenvalue weighted by Crippen LogP contribution is 2.41. The molecule has 0 radical (unpaired) electrons. The molecule has 4 aromatic carbocycles. The van der Waals surface area contributed by atoms with Gasteiger partial charge in [0, 0.05) is 33.6 Å². The fraction of sp³-hybridized carbons (Fsp3) is 0.152. The molecule has 2 heterocycles. The van der Waals surface area contributed by atoms with Crippen molar-refractivity contribution in [3.63, 3.8) is 0 Å². The number of hydrogen-bond acceptors (Lipinski definition) is 3. The van der Waals surface area contributed by atoms with Crippen molar-refractivity contribution in [2.24, 2.45) is 0 Å². The van der Waals surface area contributed by atoms with Crippen molar-refractivity contribution in [1.29, 1.82) is 0 Å². The molecule has 1 aromatic heterocycles. The number of benzene rings is 4. The van der Waals surface area contributed by atoms with Gasteiger partial charge in [-0.05, 0) is 81.7 Å². The molecule has 0 spiro atoms. The second kappa shape index (κ2) is 11.6. The second-order valence-electron chi connectivity index (χ2n) is 10.1. The molecule has 1 atom stereocenters. The average molecular weight is 604 g/mol. The van der Waals surface area contributed by atoms with Crippen LogP contribution in [0.1, 0.15) is 38.0 Å². The summed E-state index contributed by atoms with van der Waals surface area (Å²) in [5.74, 6) is -0.836. The monoisotopic (exact) mass is 602 g/mol. The molecule has 0 fully saturated rings. The van der Waals surface area contributed by atoms with Gasteiger partial charge in [-0.15, -0.1) is 11.3 Å². The van der Waals surface area contributed by atoms with Crippen LogP contribution in [0.25, 0.3) is 10.8 Å². The molecule has 5 aromatic rings. The molecule has 206 valence electrons. The maximum Gasteiger partial charge on any atom is 0.254 e. The van der Waals surface area contributed by atoms with Crippen LogP contribution in [-0.2, 0) is 17.8 Å². The first-order valence-electron chi connectivity index (χ1n) is 13.2. The highest BCUT2D eigenvalue weighted by molar-refractivity contribution is 7.10. The lowest BCUT2D eigenvalue weighted by Crippen LogP contribution is -2.46. The summed E-state index contributed by atoms with van der Waals surface area (Å²) in [6.45, 7) is 0.496. The van der Waals surface area contributed by atoms with Crippen molar-refractivity contribution < 1.29 is 14.0 Å². The van der Waals surface area contributed by atoms with Crippen LogP contribution < -0.4 is 0 Å². The van der Waals surface area contributed by atoms with Gasteiger partial charge in [0.05, 0.1) is 6.04 Å². The van der Waals surface area contributed by atoms with Crippen molar-refractivity contribution in [2.75, 3.05) is 13.1 Å². The third-order valence-corrected chi connectivity index (χ3v) is 9.00. The molecule has 0 saturated heterocycles. The molecule has 41 heavy (non-hydrogen) atoms. The maximum absolute atomic E-state index is 14.1. The Balaban J connectivity index is 1.34. The SMILES string of the molecule is O=C(c1ccc2ccccc2c1)N(CC(=O)N1CCc2sccc2[C@@H]1c1ccc(Cl)cc1Cl)Cc1ccc(F)cc1. The summed E-state index contributed by atoms with van der Waals surface area (Å²) in [4.78, 5) is 32.6. The van der Waals surface area contributed by atoms with E-state index < -0.39 is 6.04 Å². The third-order valence-electron chi connectivity index (χ3n) is 7.44. The fourth-order valence-electron chi connectivity index (χ4n) is 5.41. The number of thiophene rings is 1. The van der Waals surface area contributed by atoms with E-state index >= 15 is 0 Å². The lowest BCUT2D eigenvalue weighted by molar-refractivity contribution is -0.134. The fourth-order valence-corrected chi connectivity index (χ4v) is 6.83. The van der Waals surface area contributed by atoms with Crippen LogP contribution in [0.2, 0.25) is 10.0 Å². The second-order valence-corrected chi connectivity index (χ2v) is 11.9. The van der Waals surface area contributed by atoms with Crippen LogP contribution in [0.3, 0.4) is 0 Å². The van der Waals surface area contributed by atoms with Gasteiger partial charge in [-0.3, -0.25) is 9.59 Å². The van der Waals surface area contributed by atoms with Gasteiger partial charge in [-0.25, -0.2) is 4.39 Å². The predicted molar refractivity (Wildman–Crippen MR) is 163 cm³/mol. The van der Waals surface area contributed by atoms with Crippen molar-refractivity contribution in [2.45, 2.75) is 19.0 Å². The van der Waals surface area contributed by atoms with E-state index in [0.29, 0.717) is 22.2 Å². The van der Waals surface area contributed by atoms with Gasteiger partial charge in [0.25, 0.3) is 5.91 Å². The number of carbonyl (C=O) groups excluding carboxylic acids is 2. The van der Waals surface area contributed by atoms with Crippen molar-refractivity contribution in [3.05, 3.63) is 139 Å². The number of carbonyl (C=O) groups is 2. The van der Waals surface area contributed by atoms with E-state index in [2.05, 4.69) is 0 Å². The zero-order chi connectivity index (χ0) is 28.5. The Bertz CT molecular complexity index is 1750. The van der Waals surface area contributed by atoms with Gasteiger partial charge >= 0.3 is 0 Å². The normalized spacial score (nSPS) is 14.6. The van der Waals surface area contributed by atoms with E-state index in [0.717, 1.165) is 33.9 Å². The van der Waals surface area contributed by atoms with Gasteiger partial charge in [0.2, 0.25) is 5.91 Å². The molecule has 0 saturated carbocycles. The molecule has 0 aliphatic carbocycles. The molecular formula is C33H25Cl2FN2O2S. The Kier molecular flexibility index (Phi) is 7.80. The van der Waals surface area contributed by atoms with E-state index in [-0.39, 0.29) is 30.7 Å². The predicted octanol–water partition coefficient (Wildman–Crippen LogP) is 8.16. The topological polar surface area (TPSA) is 40.6 Å². The van der Waals surface area contributed by atoms with Gasteiger partial charge in [0.1, 0.15) is 12.4 Å². The van der Waals surface area contributed by atoms with Crippen LogP contribution in [0.4, 0.5) is 4.39 Å². The van der Waals surface area contributed by atoms with Gasteiger partial charge in [-0.1, -0.05) is 71.7 Å². The van der Waals surface area contributed by atoms with E-state index in [9.17, 15) is 14.0 Å². The van der Waals surface area contributed by atoms with E-state index in [1.165, 1.54) is 21.9 Å². The molecule has 0 unspecified atom stereocenters. The summed E-state index contributed by atoms with van der Waals surface area (Å²) in [6, 6.07) is 26.3. The Morgan fingerprint density at radius 2 is 1.68 bits per heavy atom. The summed E-state index contributed by atoms with van der Waals surface area (Å²) in [7, 11) is 0. The lowest BCUT2D eigenvalue weighted by Gasteiger charge is -2.38. The van der Waals surface area contributed by atoms with Crippen LogP contribution in [-0.4, -0.2) is 34.7 Å². The minimum absolute atomic E-state index is 0.149. The maximum atomic E-state index is 14.1. The van der Waals surface area contributed by atoms with E-state index in [1.807, 2.05) is 53.9 Å². The number of rotatable bonds is 6. The van der Waals surface area contributed by atoms with Crippen LogP contribution >= 0.6 is 34.5 Å². The molecular weight excluding hydrogens is 578 g/mol. The highest BCUT2D eigenvalue weighted by atomic mass is 35.5. The Morgan fingerprint density at radius 1 is 0.902 bits per heavy atom. The van der Waals surface area contributed by atoms with Crippen molar-refractivity contribution >= 4 is 57.1 Å². The van der Waals surface area contributed by atoms with E-state index in [4.69, 9.17) is 23.2 Å². The zero-order valence-corrected chi connectivity index (χ0v) is 24.2. The van der Waals surface area contributed by atoms with Crippen molar-refractivity contribution in [3.8, 4) is 0 Å². The number of amides is 2. The summed E-state index contributed by atoms with van der Waals surface area (Å²) in [6.07, 6.45) is 0.719. The Hall–Kier alpha value is -3.71. The molecule has 4 nitrogen and oxygen atoms in total. The quantitative estimate of drug-likeness (QED) is 0.197. The molecule has 8 heteroatoms. The minimum atomic E-state index is -0.397. The Labute approximate surface area is 251 Å². The number of halogens is 3. The summed E-state index contributed by atoms with van der Waals surface area (Å²) >= 11 is 14.5. The molecule has 1 aliphatic heterocycles. The number of hydrogen-bond donors (Lipinski definition) is 0. The van der Waals surface area contributed by atoms with Crippen LogP contribution in [0.5, 0.6) is 0 Å². The van der Waals surface area contributed by atoms with Gasteiger partial charge in [-0.2, -0.15) is 0 Å². The largest absolute Gasteiger partial charge is 0.330 e. The first-order chi connectivity index (χ1) is 19.9. The summed E-state index contributed by atoms with van der Waals surface area (Å²) in [5, 5.41) is 4.98. The number of fused-ring (bicyclic) bond motifs is 2. The summed E-state index contributed by atoms with van der Waals surface area (Å²) < 4.78 is 13.6. The first-order valence-corrected chi connectivity index (χ1v) is 14.8. The smallest absolute Gasteiger partial charge is 0.254 e.